The third-order valence-electron chi connectivity index (χ3n) is 4.15. The molecule has 27 heavy (non-hydrogen) atoms. The van der Waals surface area contributed by atoms with Crippen LogP contribution in [0.5, 0.6) is 0 Å². The van der Waals surface area contributed by atoms with Crippen LogP contribution in [0, 0.1) is 18.6 Å². The maximum absolute atomic E-state index is 13.5. The molecule has 0 spiro atoms. The normalized spacial score (nSPS) is 11.1. The molecule has 2 aromatic rings. The number of aliphatic imine (C=N–C) groups is 1. The highest BCUT2D eigenvalue weighted by atomic mass is 35.5. The average Bonchev–Trinajstić information content (AvgIpc) is 2.62. The molecule has 2 aromatic carbocycles. The summed E-state index contributed by atoms with van der Waals surface area (Å²) in [6.07, 6.45) is 1.68. The first-order valence-electron chi connectivity index (χ1n) is 8.49. The summed E-state index contributed by atoms with van der Waals surface area (Å²) in [5, 5.41) is 0.396. The highest BCUT2D eigenvalue weighted by Gasteiger charge is 2.17. The minimum atomic E-state index is -0.949. The van der Waals surface area contributed by atoms with E-state index in [4.69, 9.17) is 11.6 Å². The van der Waals surface area contributed by atoms with E-state index in [1.807, 2.05) is 25.8 Å². The number of anilines is 1. The molecular weight excluding hydrogens is 372 g/mol. The molecule has 0 N–H and O–H groups in total. The van der Waals surface area contributed by atoms with Crippen LogP contribution in [0.25, 0.3) is 0 Å². The highest BCUT2D eigenvalue weighted by molar-refractivity contribution is 6.33. The lowest BCUT2D eigenvalue weighted by atomic mass is 10.1. The van der Waals surface area contributed by atoms with E-state index >= 15 is 0 Å². The lowest BCUT2D eigenvalue weighted by Gasteiger charge is -2.24. The lowest BCUT2D eigenvalue weighted by Crippen LogP contribution is -2.28. The zero-order valence-electron chi connectivity index (χ0n) is 15.8. The van der Waals surface area contributed by atoms with Crippen molar-refractivity contribution in [3.63, 3.8) is 0 Å². The predicted molar refractivity (Wildman–Crippen MR) is 106 cm³/mol. The first kappa shape index (κ1) is 20.8. The van der Waals surface area contributed by atoms with Crippen LogP contribution in [-0.2, 0) is 11.3 Å². The van der Waals surface area contributed by atoms with Gasteiger partial charge < -0.3 is 9.80 Å². The van der Waals surface area contributed by atoms with Gasteiger partial charge in [-0.3, -0.25) is 4.79 Å². The van der Waals surface area contributed by atoms with Crippen LogP contribution in [0.1, 0.15) is 25.0 Å². The van der Waals surface area contributed by atoms with Gasteiger partial charge in [-0.15, -0.1) is 0 Å². The topological polar surface area (TPSA) is 35.9 Å². The van der Waals surface area contributed by atoms with Crippen LogP contribution in [0.3, 0.4) is 0 Å². The Morgan fingerprint density at radius 3 is 2.52 bits per heavy atom. The molecule has 0 aliphatic heterocycles. The Labute approximate surface area is 163 Å². The van der Waals surface area contributed by atoms with Gasteiger partial charge in [0.2, 0.25) is 5.91 Å². The van der Waals surface area contributed by atoms with Gasteiger partial charge in [0.1, 0.15) is 0 Å². The summed E-state index contributed by atoms with van der Waals surface area (Å²) < 4.78 is 26.6. The number of nitrogens with zero attached hydrogens (tertiary/aromatic N) is 3. The van der Waals surface area contributed by atoms with E-state index in [1.165, 1.54) is 17.9 Å². The number of halogens is 3. The molecule has 0 radical (unpaired) electrons. The molecule has 2 rings (SSSR count). The molecule has 0 heterocycles. The average molecular weight is 394 g/mol. The maximum Gasteiger partial charge on any atom is 0.224 e. The van der Waals surface area contributed by atoms with Crippen LogP contribution < -0.4 is 4.90 Å². The fourth-order valence-corrected chi connectivity index (χ4v) is 2.68. The molecule has 0 aliphatic carbocycles. The summed E-state index contributed by atoms with van der Waals surface area (Å²) in [6, 6.07) is 7.03. The summed E-state index contributed by atoms with van der Waals surface area (Å²) in [5.74, 6) is -2.11. The second kappa shape index (κ2) is 8.95. The second-order valence-corrected chi connectivity index (χ2v) is 6.67. The molecule has 144 valence electrons. The zero-order chi connectivity index (χ0) is 20.1. The Morgan fingerprint density at radius 1 is 1.22 bits per heavy atom. The van der Waals surface area contributed by atoms with Crippen molar-refractivity contribution in [2.75, 3.05) is 18.5 Å². The summed E-state index contributed by atoms with van der Waals surface area (Å²) in [4.78, 5) is 19.9. The van der Waals surface area contributed by atoms with Crippen molar-refractivity contribution in [2.45, 2.75) is 27.3 Å². The van der Waals surface area contributed by atoms with Gasteiger partial charge >= 0.3 is 0 Å². The summed E-state index contributed by atoms with van der Waals surface area (Å²) in [7, 11) is 1.90. The quantitative estimate of drug-likeness (QED) is 0.506. The van der Waals surface area contributed by atoms with Gasteiger partial charge in [-0.25, -0.2) is 13.8 Å². The van der Waals surface area contributed by atoms with Gasteiger partial charge in [0.25, 0.3) is 0 Å². The van der Waals surface area contributed by atoms with E-state index in [-0.39, 0.29) is 12.5 Å². The van der Waals surface area contributed by atoms with E-state index in [9.17, 15) is 13.6 Å². The molecule has 0 aromatic heterocycles. The van der Waals surface area contributed by atoms with Crippen molar-refractivity contribution in [2.24, 2.45) is 4.99 Å². The van der Waals surface area contributed by atoms with Gasteiger partial charge in [0.15, 0.2) is 11.6 Å². The lowest BCUT2D eigenvalue weighted by molar-refractivity contribution is -0.116. The highest BCUT2D eigenvalue weighted by Crippen LogP contribution is 2.34. The Balaban J connectivity index is 2.36. The molecule has 0 saturated carbocycles. The third-order valence-corrected chi connectivity index (χ3v) is 4.46. The molecule has 0 atom stereocenters. The van der Waals surface area contributed by atoms with Crippen molar-refractivity contribution in [3.05, 3.63) is 58.1 Å². The van der Waals surface area contributed by atoms with Gasteiger partial charge in [-0.2, -0.15) is 0 Å². The molecule has 0 fully saturated rings. The van der Waals surface area contributed by atoms with Gasteiger partial charge in [-0.1, -0.05) is 17.7 Å². The number of rotatable bonds is 6. The minimum Gasteiger partial charge on any atom is -0.366 e. The largest absolute Gasteiger partial charge is 0.366 e. The van der Waals surface area contributed by atoms with Crippen LogP contribution in [0.4, 0.5) is 20.2 Å². The van der Waals surface area contributed by atoms with Gasteiger partial charge in [0.05, 0.1) is 23.6 Å². The van der Waals surface area contributed by atoms with Crippen molar-refractivity contribution < 1.29 is 13.6 Å². The van der Waals surface area contributed by atoms with Crippen LogP contribution in [0.2, 0.25) is 5.02 Å². The van der Waals surface area contributed by atoms with E-state index in [2.05, 4.69) is 4.99 Å². The van der Waals surface area contributed by atoms with Crippen molar-refractivity contribution >= 4 is 35.2 Å². The standard InChI is InChI=1S/C20H22ClF2N3O/c1-5-25(4)12-24-19-8-13(2)20(10-16(19)21)26(14(3)27)11-15-6-7-17(22)18(23)9-15/h6-10,12H,5,11H2,1-4H3. The van der Waals surface area contributed by atoms with Crippen LogP contribution in [-0.4, -0.2) is 30.7 Å². The van der Waals surface area contributed by atoms with Crippen LogP contribution >= 0.6 is 11.6 Å². The van der Waals surface area contributed by atoms with Gasteiger partial charge in [0, 0.05) is 26.2 Å². The Hall–Kier alpha value is -2.47. The van der Waals surface area contributed by atoms with E-state index in [1.54, 1.807) is 18.5 Å². The number of aryl methyl sites for hydroxylation is 1. The van der Waals surface area contributed by atoms with Crippen molar-refractivity contribution in [1.29, 1.82) is 0 Å². The molecule has 0 saturated heterocycles. The number of carbonyl (C=O) groups excluding carboxylic acids is 1. The second-order valence-electron chi connectivity index (χ2n) is 6.26. The monoisotopic (exact) mass is 393 g/mol. The Bertz CT molecular complexity index is 871. The summed E-state index contributed by atoms with van der Waals surface area (Å²) in [5.41, 5.74) is 2.46. The van der Waals surface area contributed by atoms with Crippen molar-refractivity contribution in [3.8, 4) is 0 Å². The van der Waals surface area contributed by atoms with E-state index in [0.29, 0.717) is 22.0 Å². The number of benzene rings is 2. The SMILES string of the molecule is CCN(C)C=Nc1cc(C)c(N(Cc2ccc(F)c(F)c2)C(C)=O)cc1Cl. The van der Waals surface area contributed by atoms with E-state index in [0.717, 1.165) is 24.2 Å². The number of carbonyl (C=O) groups is 1. The fourth-order valence-electron chi connectivity index (χ4n) is 2.47. The molecular formula is C20H22ClF2N3O. The summed E-state index contributed by atoms with van der Waals surface area (Å²) >= 11 is 6.35. The molecule has 7 heteroatoms. The smallest absolute Gasteiger partial charge is 0.224 e. The third kappa shape index (κ3) is 5.26. The number of amides is 1. The first-order chi connectivity index (χ1) is 12.7. The molecule has 1 amide bonds. The maximum atomic E-state index is 13.5. The number of hydrogen-bond donors (Lipinski definition) is 0. The van der Waals surface area contributed by atoms with Crippen LogP contribution in [0.15, 0.2) is 35.3 Å². The predicted octanol–water partition coefficient (Wildman–Crippen LogP) is 5.09. The van der Waals surface area contributed by atoms with Gasteiger partial charge in [-0.05, 0) is 49.2 Å². The zero-order valence-corrected chi connectivity index (χ0v) is 16.5. The fraction of sp³-hybridized carbons (Fsp3) is 0.300. The van der Waals surface area contributed by atoms with Crippen molar-refractivity contribution in [1.82, 2.24) is 4.90 Å². The van der Waals surface area contributed by atoms with E-state index < -0.39 is 11.6 Å². The summed E-state index contributed by atoms with van der Waals surface area (Å²) in [6.45, 7) is 6.17. The number of hydrogen-bond acceptors (Lipinski definition) is 2. The minimum absolute atomic E-state index is 0.102. The molecule has 0 bridgehead atoms. The first-order valence-corrected chi connectivity index (χ1v) is 8.87. The molecule has 4 nitrogen and oxygen atoms in total. The molecule has 0 aliphatic rings. The molecule has 0 unspecified atom stereocenters. The Morgan fingerprint density at radius 2 is 1.93 bits per heavy atom. The Kier molecular flexibility index (Phi) is 6.91.